The Bertz CT molecular complexity index is 479. The fourth-order valence-electron chi connectivity index (χ4n) is 2.13. The zero-order chi connectivity index (χ0) is 14.5. The number of carbonyl (C=O) groups excluding carboxylic acids is 1. The number of rotatable bonds is 3. The largest absolute Gasteiger partial charge is 0.340 e. The summed E-state index contributed by atoms with van der Waals surface area (Å²) in [4.78, 5) is 15.2. The highest BCUT2D eigenvalue weighted by molar-refractivity contribution is 8.00. The van der Waals surface area contributed by atoms with E-state index in [-0.39, 0.29) is 23.6 Å². The first kappa shape index (κ1) is 18.9. The van der Waals surface area contributed by atoms with Crippen LogP contribution in [0.4, 0.5) is 0 Å². The van der Waals surface area contributed by atoms with Crippen molar-refractivity contribution in [2.75, 3.05) is 26.2 Å². The van der Waals surface area contributed by atoms with E-state index < -0.39 is 0 Å². The van der Waals surface area contributed by atoms with Crippen molar-refractivity contribution in [1.29, 1.82) is 0 Å². The normalized spacial score (nSPS) is 16.8. The van der Waals surface area contributed by atoms with Gasteiger partial charge in [0.05, 0.1) is 10.3 Å². The number of hydrogen-bond acceptors (Lipinski definition) is 3. The summed E-state index contributed by atoms with van der Waals surface area (Å²) in [6, 6.07) is 5.32. The molecule has 0 radical (unpaired) electrons. The number of benzene rings is 1. The minimum absolute atomic E-state index is 0. The van der Waals surface area contributed by atoms with Gasteiger partial charge in [0.15, 0.2) is 0 Å². The van der Waals surface area contributed by atoms with Crippen molar-refractivity contribution in [3.05, 3.63) is 28.2 Å². The van der Waals surface area contributed by atoms with Gasteiger partial charge in [-0.25, -0.2) is 0 Å². The Morgan fingerprint density at radius 3 is 2.86 bits per heavy atom. The quantitative estimate of drug-likeness (QED) is 0.824. The molecular formula is C14H19Cl3N2OS. The van der Waals surface area contributed by atoms with Crippen LogP contribution >= 0.6 is 47.4 Å². The van der Waals surface area contributed by atoms with Crippen molar-refractivity contribution in [3.63, 3.8) is 0 Å². The van der Waals surface area contributed by atoms with E-state index in [1.165, 1.54) is 11.8 Å². The van der Waals surface area contributed by atoms with Gasteiger partial charge in [0.25, 0.3) is 0 Å². The summed E-state index contributed by atoms with van der Waals surface area (Å²) in [5.41, 5.74) is 0. The van der Waals surface area contributed by atoms with Crippen LogP contribution in [-0.2, 0) is 4.79 Å². The fraction of sp³-hybridized carbons (Fsp3) is 0.500. The molecule has 3 nitrogen and oxygen atoms in total. The zero-order valence-electron chi connectivity index (χ0n) is 11.8. The monoisotopic (exact) mass is 368 g/mol. The Balaban J connectivity index is 0.00000220. The molecule has 0 bridgehead atoms. The van der Waals surface area contributed by atoms with Crippen LogP contribution in [0.2, 0.25) is 10.0 Å². The van der Waals surface area contributed by atoms with E-state index in [1.54, 1.807) is 12.1 Å². The molecule has 1 heterocycles. The van der Waals surface area contributed by atoms with Crippen molar-refractivity contribution in [3.8, 4) is 0 Å². The number of carbonyl (C=O) groups is 1. The first-order chi connectivity index (χ1) is 9.58. The van der Waals surface area contributed by atoms with E-state index in [9.17, 15) is 4.79 Å². The van der Waals surface area contributed by atoms with Crippen LogP contribution in [0.15, 0.2) is 23.1 Å². The van der Waals surface area contributed by atoms with Gasteiger partial charge in [0.2, 0.25) is 5.91 Å². The van der Waals surface area contributed by atoms with Crippen molar-refractivity contribution < 1.29 is 4.79 Å². The highest BCUT2D eigenvalue weighted by atomic mass is 35.5. The Kier molecular flexibility index (Phi) is 8.21. The van der Waals surface area contributed by atoms with Crippen molar-refractivity contribution >= 4 is 53.3 Å². The van der Waals surface area contributed by atoms with Gasteiger partial charge in [-0.15, -0.1) is 24.2 Å². The van der Waals surface area contributed by atoms with Gasteiger partial charge in [-0.05, 0) is 38.1 Å². The summed E-state index contributed by atoms with van der Waals surface area (Å²) in [6.07, 6.45) is 1.00. The van der Waals surface area contributed by atoms with E-state index >= 15 is 0 Å². The molecule has 0 spiro atoms. The maximum atomic E-state index is 12.5. The molecule has 1 aromatic rings. The van der Waals surface area contributed by atoms with Crippen LogP contribution in [-0.4, -0.2) is 42.2 Å². The molecule has 0 aromatic heterocycles. The van der Waals surface area contributed by atoms with E-state index in [4.69, 9.17) is 23.2 Å². The Morgan fingerprint density at radius 1 is 1.33 bits per heavy atom. The SMILES string of the molecule is CC(Sc1cc(Cl)ccc1Cl)C(=O)N1CCCNCC1.Cl. The molecule has 1 aliphatic heterocycles. The van der Waals surface area contributed by atoms with Crippen LogP contribution in [0.3, 0.4) is 0 Å². The van der Waals surface area contributed by atoms with Crippen molar-refractivity contribution in [1.82, 2.24) is 10.2 Å². The third kappa shape index (κ3) is 5.53. The number of amides is 1. The molecule has 1 atom stereocenters. The summed E-state index contributed by atoms with van der Waals surface area (Å²) in [6.45, 7) is 5.35. The lowest BCUT2D eigenvalue weighted by Crippen LogP contribution is -2.38. The van der Waals surface area contributed by atoms with Gasteiger partial charge in [0, 0.05) is 29.6 Å². The summed E-state index contributed by atoms with van der Waals surface area (Å²) in [5.74, 6) is 0.162. The Hall–Kier alpha value is -0.130. The standard InChI is InChI=1S/C14H18Cl2N2OS.ClH/c1-10(14(19)18-7-2-5-17-6-8-18)20-13-9-11(15)3-4-12(13)16;/h3-4,9-10,17H,2,5-8H2,1H3;1H. The van der Waals surface area contributed by atoms with Crippen LogP contribution in [0.25, 0.3) is 0 Å². The Labute approximate surface area is 146 Å². The molecule has 1 amide bonds. The molecule has 1 N–H and O–H groups in total. The highest BCUT2D eigenvalue weighted by Crippen LogP contribution is 2.33. The molecule has 0 aliphatic carbocycles. The second-order valence-corrected chi connectivity index (χ2v) is 6.99. The van der Waals surface area contributed by atoms with E-state index in [0.29, 0.717) is 10.0 Å². The van der Waals surface area contributed by atoms with E-state index in [1.807, 2.05) is 17.9 Å². The van der Waals surface area contributed by atoms with Crippen molar-refractivity contribution in [2.45, 2.75) is 23.5 Å². The molecule has 118 valence electrons. The maximum absolute atomic E-state index is 12.5. The van der Waals surface area contributed by atoms with E-state index in [2.05, 4.69) is 5.32 Å². The lowest BCUT2D eigenvalue weighted by atomic mass is 10.3. The van der Waals surface area contributed by atoms with Crippen LogP contribution in [0.5, 0.6) is 0 Å². The third-order valence-corrected chi connectivity index (χ3v) is 5.02. The number of thioether (sulfide) groups is 1. The van der Waals surface area contributed by atoms with Gasteiger partial charge >= 0.3 is 0 Å². The molecule has 1 unspecified atom stereocenters. The molecular weight excluding hydrogens is 351 g/mol. The smallest absolute Gasteiger partial charge is 0.235 e. The van der Waals surface area contributed by atoms with E-state index in [0.717, 1.165) is 37.5 Å². The first-order valence-electron chi connectivity index (χ1n) is 6.69. The molecule has 1 aliphatic rings. The average molecular weight is 370 g/mol. The third-order valence-electron chi connectivity index (χ3n) is 3.20. The Morgan fingerprint density at radius 2 is 2.10 bits per heavy atom. The fourth-order valence-corrected chi connectivity index (χ4v) is 3.63. The summed E-state index contributed by atoms with van der Waals surface area (Å²) in [5, 5.41) is 4.41. The molecule has 7 heteroatoms. The summed E-state index contributed by atoms with van der Waals surface area (Å²) < 4.78 is 0. The molecule has 0 saturated carbocycles. The predicted octanol–water partition coefficient (Wildman–Crippen LogP) is 3.72. The number of nitrogens with one attached hydrogen (secondary N) is 1. The molecule has 2 rings (SSSR count). The van der Waals surface area contributed by atoms with Gasteiger partial charge in [0.1, 0.15) is 0 Å². The second kappa shape index (κ2) is 9.11. The lowest BCUT2D eigenvalue weighted by Gasteiger charge is -2.23. The molecule has 1 aromatic carbocycles. The molecule has 1 fully saturated rings. The lowest BCUT2D eigenvalue weighted by molar-refractivity contribution is -0.130. The molecule has 21 heavy (non-hydrogen) atoms. The zero-order valence-corrected chi connectivity index (χ0v) is 14.9. The first-order valence-corrected chi connectivity index (χ1v) is 8.32. The average Bonchev–Trinajstić information content (AvgIpc) is 2.71. The van der Waals surface area contributed by atoms with Crippen LogP contribution < -0.4 is 5.32 Å². The predicted molar refractivity (Wildman–Crippen MR) is 93.1 cm³/mol. The molecule has 1 saturated heterocycles. The van der Waals surface area contributed by atoms with Crippen molar-refractivity contribution in [2.24, 2.45) is 0 Å². The number of hydrogen-bond donors (Lipinski definition) is 1. The minimum atomic E-state index is -0.163. The van der Waals surface area contributed by atoms with Gasteiger partial charge < -0.3 is 10.2 Å². The number of nitrogens with zero attached hydrogens (tertiary/aromatic N) is 1. The van der Waals surface area contributed by atoms with Gasteiger partial charge in [-0.1, -0.05) is 23.2 Å². The van der Waals surface area contributed by atoms with Crippen LogP contribution in [0, 0.1) is 0 Å². The second-order valence-electron chi connectivity index (χ2n) is 4.76. The van der Waals surface area contributed by atoms with Crippen LogP contribution in [0.1, 0.15) is 13.3 Å². The minimum Gasteiger partial charge on any atom is -0.340 e. The summed E-state index contributed by atoms with van der Waals surface area (Å²) in [7, 11) is 0. The van der Waals surface area contributed by atoms with Gasteiger partial charge in [-0.3, -0.25) is 4.79 Å². The number of halogens is 3. The topological polar surface area (TPSA) is 32.3 Å². The highest BCUT2D eigenvalue weighted by Gasteiger charge is 2.22. The summed E-state index contributed by atoms with van der Waals surface area (Å²) >= 11 is 13.6. The van der Waals surface area contributed by atoms with Gasteiger partial charge in [-0.2, -0.15) is 0 Å². The maximum Gasteiger partial charge on any atom is 0.235 e.